The molecule has 0 heterocycles. The maximum atomic E-state index is 10.2. The fourth-order valence-electron chi connectivity index (χ4n) is 0.831. The van der Waals surface area contributed by atoms with Gasteiger partial charge in [-0.2, -0.15) is 0 Å². The number of hydrogen-bond acceptors (Lipinski definition) is 2. The van der Waals surface area contributed by atoms with Crippen LogP contribution < -0.4 is 5.32 Å². The first kappa shape index (κ1) is 10.2. The highest BCUT2D eigenvalue weighted by atomic mass is 35.5. The Balaban J connectivity index is 2.81. The van der Waals surface area contributed by atoms with Crippen molar-refractivity contribution in [3.05, 3.63) is 28.2 Å². The molecular weight excluding hydrogens is 213 g/mol. The minimum absolute atomic E-state index is 0.205. The van der Waals surface area contributed by atoms with Crippen molar-refractivity contribution in [3.63, 3.8) is 0 Å². The molecule has 0 aliphatic heterocycles. The van der Waals surface area contributed by atoms with Gasteiger partial charge in [0.15, 0.2) is 0 Å². The molecule has 2 N–H and O–H groups in total. The van der Waals surface area contributed by atoms with E-state index in [4.69, 9.17) is 28.3 Å². The summed E-state index contributed by atoms with van der Waals surface area (Å²) in [7, 11) is 0. The number of hydrogen-bond donors (Lipinski definition) is 2. The number of rotatable bonds is 3. The topological polar surface area (TPSA) is 49.3 Å². The zero-order valence-corrected chi connectivity index (χ0v) is 8.06. The average molecular weight is 220 g/mol. The fourth-order valence-corrected chi connectivity index (χ4v) is 1.36. The zero-order valence-electron chi connectivity index (χ0n) is 6.55. The lowest BCUT2D eigenvalue weighted by Crippen LogP contribution is -2.12. The Morgan fingerprint density at radius 2 is 1.92 bits per heavy atom. The molecule has 0 aliphatic rings. The number of benzene rings is 1. The van der Waals surface area contributed by atoms with Crippen molar-refractivity contribution < 1.29 is 9.90 Å². The average Bonchev–Trinajstić information content (AvgIpc) is 2.03. The van der Waals surface area contributed by atoms with Gasteiger partial charge in [-0.25, -0.2) is 0 Å². The Labute approximate surface area is 85.3 Å². The van der Waals surface area contributed by atoms with Crippen LogP contribution >= 0.6 is 23.2 Å². The first-order valence-electron chi connectivity index (χ1n) is 3.51. The number of carboxylic acid groups (broad SMARTS) is 1. The lowest BCUT2D eigenvalue weighted by molar-refractivity contribution is -0.134. The molecule has 0 aromatic heterocycles. The fraction of sp³-hybridized carbons (Fsp3) is 0.125. The molecule has 1 aromatic rings. The largest absolute Gasteiger partial charge is 0.480 e. The molecule has 70 valence electrons. The number of aliphatic carboxylic acids is 1. The number of nitrogens with one attached hydrogen (secondary N) is 1. The molecule has 0 atom stereocenters. The second kappa shape index (κ2) is 4.35. The van der Waals surface area contributed by atoms with Crippen LogP contribution in [-0.2, 0) is 4.79 Å². The summed E-state index contributed by atoms with van der Waals surface area (Å²) in [5.74, 6) is -0.962. The predicted molar refractivity (Wildman–Crippen MR) is 52.6 cm³/mol. The lowest BCUT2D eigenvalue weighted by Gasteiger charge is -2.07. The minimum atomic E-state index is -0.962. The van der Waals surface area contributed by atoms with E-state index >= 15 is 0 Å². The van der Waals surface area contributed by atoms with E-state index in [1.54, 1.807) is 18.2 Å². The summed E-state index contributed by atoms with van der Waals surface area (Å²) < 4.78 is 0. The summed E-state index contributed by atoms with van der Waals surface area (Å²) in [6.45, 7) is -0.205. The Hall–Kier alpha value is -0.930. The van der Waals surface area contributed by atoms with E-state index in [9.17, 15) is 4.79 Å². The van der Waals surface area contributed by atoms with Crippen LogP contribution in [0, 0.1) is 0 Å². The lowest BCUT2D eigenvalue weighted by atomic mass is 10.3. The molecular formula is C8H7Cl2NO2. The van der Waals surface area contributed by atoms with Crippen molar-refractivity contribution in [1.29, 1.82) is 0 Å². The Morgan fingerprint density at radius 3 is 2.38 bits per heavy atom. The van der Waals surface area contributed by atoms with Crippen molar-refractivity contribution >= 4 is 34.9 Å². The Morgan fingerprint density at radius 1 is 1.38 bits per heavy atom. The van der Waals surface area contributed by atoms with Crippen molar-refractivity contribution in [2.75, 3.05) is 11.9 Å². The maximum absolute atomic E-state index is 10.2. The summed E-state index contributed by atoms with van der Waals surface area (Å²) >= 11 is 11.5. The summed E-state index contributed by atoms with van der Waals surface area (Å²) in [5, 5.41) is 11.8. The third kappa shape index (κ3) is 2.79. The van der Waals surface area contributed by atoms with Gasteiger partial charge in [-0.15, -0.1) is 0 Å². The molecule has 0 saturated carbocycles. The van der Waals surface area contributed by atoms with Crippen LogP contribution in [0.15, 0.2) is 18.2 Å². The molecule has 13 heavy (non-hydrogen) atoms. The van der Waals surface area contributed by atoms with E-state index in [1.165, 1.54) is 0 Å². The number of carbonyl (C=O) groups is 1. The number of carboxylic acids is 1. The van der Waals surface area contributed by atoms with E-state index in [-0.39, 0.29) is 6.54 Å². The van der Waals surface area contributed by atoms with Crippen LogP contribution in [0.3, 0.4) is 0 Å². The van der Waals surface area contributed by atoms with Crippen molar-refractivity contribution in [2.24, 2.45) is 0 Å². The third-order valence-corrected chi connectivity index (χ3v) is 2.01. The molecule has 0 spiro atoms. The van der Waals surface area contributed by atoms with Crippen molar-refractivity contribution in [2.45, 2.75) is 0 Å². The highest BCUT2D eigenvalue weighted by Crippen LogP contribution is 2.29. The SMILES string of the molecule is O=C(O)CNc1c(Cl)cccc1Cl. The summed E-state index contributed by atoms with van der Waals surface area (Å²) in [4.78, 5) is 10.2. The normalized spacial score (nSPS) is 9.69. The quantitative estimate of drug-likeness (QED) is 0.822. The van der Waals surface area contributed by atoms with Gasteiger partial charge in [-0.3, -0.25) is 4.79 Å². The number of anilines is 1. The molecule has 5 heteroatoms. The highest BCUT2D eigenvalue weighted by Gasteiger charge is 2.05. The van der Waals surface area contributed by atoms with Gasteiger partial charge in [0.2, 0.25) is 0 Å². The van der Waals surface area contributed by atoms with Crippen LogP contribution in [0.2, 0.25) is 10.0 Å². The molecule has 0 radical (unpaired) electrons. The number of para-hydroxylation sites is 1. The summed E-state index contributed by atoms with van der Waals surface area (Å²) in [5.41, 5.74) is 0.452. The Bertz CT molecular complexity index is 308. The van der Waals surface area contributed by atoms with Gasteiger partial charge < -0.3 is 10.4 Å². The van der Waals surface area contributed by atoms with Gasteiger partial charge in [0.25, 0.3) is 0 Å². The molecule has 0 aliphatic carbocycles. The maximum Gasteiger partial charge on any atom is 0.322 e. The second-order valence-corrected chi connectivity index (χ2v) is 3.16. The van der Waals surface area contributed by atoms with Crippen LogP contribution in [0.1, 0.15) is 0 Å². The molecule has 0 unspecified atom stereocenters. The first-order valence-corrected chi connectivity index (χ1v) is 4.26. The van der Waals surface area contributed by atoms with Crippen molar-refractivity contribution in [3.8, 4) is 0 Å². The molecule has 0 bridgehead atoms. The Kier molecular flexibility index (Phi) is 3.39. The van der Waals surface area contributed by atoms with E-state index in [2.05, 4.69) is 5.32 Å². The minimum Gasteiger partial charge on any atom is -0.480 e. The third-order valence-electron chi connectivity index (χ3n) is 1.38. The molecule has 0 fully saturated rings. The van der Waals surface area contributed by atoms with E-state index in [0.29, 0.717) is 15.7 Å². The van der Waals surface area contributed by atoms with Crippen LogP contribution in [0.5, 0.6) is 0 Å². The molecule has 1 rings (SSSR count). The monoisotopic (exact) mass is 219 g/mol. The summed E-state index contributed by atoms with van der Waals surface area (Å²) in [6.07, 6.45) is 0. The van der Waals surface area contributed by atoms with E-state index in [0.717, 1.165) is 0 Å². The van der Waals surface area contributed by atoms with Gasteiger partial charge in [-0.1, -0.05) is 29.3 Å². The summed E-state index contributed by atoms with van der Waals surface area (Å²) in [6, 6.07) is 4.96. The van der Waals surface area contributed by atoms with E-state index < -0.39 is 5.97 Å². The van der Waals surface area contributed by atoms with Crippen LogP contribution in [0.25, 0.3) is 0 Å². The first-order chi connectivity index (χ1) is 6.11. The van der Waals surface area contributed by atoms with Crippen molar-refractivity contribution in [1.82, 2.24) is 0 Å². The van der Waals surface area contributed by atoms with Gasteiger partial charge in [0.05, 0.1) is 15.7 Å². The van der Waals surface area contributed by atoms with Crippen LogP contribution in [-0.4, -0.2) is 17.6 Å². The van der Waals surface area contributed by atoms with Crippen LogP contribution in [0.4, 0.5) is 5.69 Å². The standard InChI is InChI=1S/C8H7Cl2NO2/c9-5-2-1-3-6(10)8(5)11-4-7(12)13/h1-3,11H,4H2,(H,12,13). The number of halogens is 2. The highest BCUT2D eigenvalue weighted by molar-refractivity contribution is 6.39. The molecule has 1 aromatic carbocycles. The van der Waals surface area contributed by atoms with Gasteiger partial charge in [0, 0.05) is 0 Å². The molecule has 0 amide bonds. The van der Waals surface area contributed by atoms with Gasteiger partial charge in [0.1, 0.15) is 6.54 Å². The molecule has 3 nitrogen and oxygen atoms in total. The van der Waals surface area contributed by atoms with E-state index in [1.807, 2.05) is 0 Å². The molecule has 0 saturated heterocycles. The predicted octanol–water partition coefficient (Wildman–Crippen LogP) is 2.49. The second-order valence-electron chi connectivity index (χ2n) is 2.34. The smallest absolute Gasteiger partial charge is 0.322 e. The zero-order chi connectivity index (χ0) is 9.84. The van der Waals surface area contributed by atoms with Gasteiger partial charge >= 0.3 is 5.97 Å². The van der Waals surface area contributed by atoms with Gasteiger partial charge in [-0.05, 0) is 12.1 Å².